The molecule has 4 aromatic rings. The van der Waals surface area contributed by atoms with Crippen molar-refractivity contribution in [2.75, 3.05) is 11.1 Å². The van der Waals surface area contributed by atoms with Crippen LogP contribution in [0, 0.1) is 13.8 Å². The second kappa shape index (κ2) is 10.4. The molecule has 0 aliphatic rings. The maximum Gasteiger partial charge on any atom is 0.311 e. The zero-order valence-electron chi connectivity index (χ0n) is 19.3. The van der Waals surface area contributed by atoms with Crippen LogP contribution < -0.4 is 11.1 Å². The fourth-order valence-electron chi connectivity index (χ4n) is 3.48. The van der Waals surface area contributed by atoms with E-state index in [0.717, 1.165) is 38.8 Å². The number of esters is 1. The molecule has 0 radical (unpaired) electrons. The van der Waals surface area contributed by atoms with Crippen LogP contribution in [0.5, 0.6) is 0 Å². The van der Waals surface area contributed by atoms with E-state index in [1.807, 2.05) is 62.4 Å². The Kier molecular flexibility index (Phi) is 7.12. The molecule has 2 aromatic carbocycles. The average Bonchev–Trinajstić information content (AvgIpc) is 3.18. The molecule has 0 saturated carbocycles. The Hall–Kier alpha value is -3.85. The zero-order chi connectivity index (χ0) is 24.1. The zero-order valence-corrected chi connectivity index (χ0v) is 20.1. The number of aryl methyl sites for hydroxylation is 3. The first-order chi connectivity index (χ1) is 16.4. The number of hydrogen-bond acceptors (Lipinski definition) is 9. The molecule has 0 fully saturated rings. The molecule has 0 atom stereocenters. The Morgan fingerprint density at radius 2 is 1.79 bits per heavy atom. The minimum atomic E-state index is -0.387. The Balaban J connectivity index is 1.43. The highest BCUT2D eigenvalue weighted by molar-refractivity contribution is 7.12. The van der Waals surface area contributed by atoms with Crippen LogP contribution in [-0.2, 0) is 29.0 Å². The molecule has 0 aliphatic heterocycles. The van der Waals surface area contributed by atoms with Gasteiger partial charge in [-0.05, 0) is 31.9 Å². The van der Waals surface area contributed by atoms with E-state index in [1.54, 1.807) is 0 Å². The predicted molar refractivity (Wildman–Crippen MR) is 134 cm³/mol. The summed E-state index contributed by atoms with van der Waals surface area (Å²) in [6.07, 6.45) is 0.972. The van der Waals surface area contributed by atoms with E-state index >= 15 is 0 Å². The van der Waals surface area contributed by atoms with Crippen LogP contribution in [0.3, 0.4) is 0 Å². The van der Waals surface area contributed by atoms with Gasteiger partial charge in [0.25, 0.3) is 0 Å². The standard InChI is InChI=1S/C25H26N6O2S/c1-4-17-7-5-6-8-19(17)28-25-30-21(29-24(26)31-25)14-33-22(32)13-20-23(27-16(3)34-20)18-11-9-15(2)10-12-18/h5-12H,4,13-14H2,1-3H3,(H3,26,28,29,30,31). The molecule has 8 nitrogen and oxygen atoms in total. The van der Waals surface area contributed by atoms with Crippen LogP contribution in [0.2, 0.25) is 0 Å². The summed E-state index contributed by atoms with van der Waals surface area (Å²) in [5.41, 5.74) is 10.8. The SMILES string of the molecule is CCc1ccccc1Nc1nc(N)nc(COC(=O)Cc2sc(C)nc2-c2ccc(C)cc2)n1. The highest BCUT2D eigenvalue weighted by atomic mass is 32.1. The van der Waals surface area contributed by atoms with Crippen LogP contribution in [0.15, 0.2) is 48.5 Å². The fourth-order valence-corrected chi connectivity index (χ4v) is 4.43. The molecule has 174 valence electrons. The van der Waals surface area contributed by atoms with Crippen LogP contribution >= 0.6 is 11.3 Å². The summed E-state index contributed by atoms with van der Waals surface area (Å²) >= 11 is 1.49. The minimum Gasteiger partial charge on any atom is -0.457 e. The predicted octanol–water partition coefficient (Wildman–Crippen LogP) is 4.79. The van der Waals surface area contributed by atoms with Gasteiger partial charge in [0.15, 0.2) is 12.4 Å². The highest BCUT2D eigenvalue weighted by Gasteiger charge is 2.17. The number of nitrogens with one attached hydrogen (secondary N) is 1. The number of aromatic nitrogens is 4. The first-order valence-corrected chi connectivity index (χ1v) is 11.8. The number of benzene rings is 2. The Bertz CT molecular complexity index is 1300. The molecular formula is C25H26N6O2S. The third kappa shape index (κ3) is 5.74. The number of rotatable bonds is 8. The van der Waals surface area contributed by atoms with E-state index in [9.17, 15) is 4.79 Å². The molecule has 4 rings (SSSR count). The van der Waals surface area contributed by atoms with Gasteiger partial charge in [-0.15, -0.1) is 11.3 Å². The monoisotopic (exact) mass is 474 g/mol. The van der Waals surface area contributed by atoms with E-state index in [1.165, 1.54) is 16.9 Å². The van der Waals surface area contributed by atoms with Gasteiger partial charge in [-0.25, -0.2) is 4.98 Å². The van der Waals surface area contributed by atoms with E-state index in [2.05, 4.69) is 32.2 Å². The number of nitrogens with two attached hydrogens (primary N) is 1. The van der Waals surface area contributed by atoms with Crippen molar-refractivity contribution >= 4 is 34.9 Å². The third-order valence-electron chi connectivity index (χ3n) is 5.14. The van der Waals surface area contributed by atoms with Crippen LogP contribution in [0.25, 0.3) is 11.3 Å². The number of hydrogen-bond donors (Lipinski definition) is 2. The van der Waals surface area contributed by atoms with E-state index in [4.69, 9.17) is 10.5 Å². The lowest BCUT2D eigenvalue weighted by Crippen LogP contribution is -2.12. The van der Waals surface area contributed by atoms with Crippen LogP contribution in [0.1, 0.15) is 33.8 Å². The van der Waals surface area contributed by atoms with Gasteiger partial charge in [-0.2, -0.15) is 15.0 Å². The fraction of sp³-hybridized carbons (Fsp3) is 0.240. The first kappa shape index (κ1) is 23.3. The number of thiazole rings is 1. The van der Waals surface area contributed by atoms with Crippen LogP contribution in [0.4, 0.5) is 17.6 Å². The van der Waals surface area contributed by atoms with Crippen molar-refractivity contribution in [3.05, 3.63) is 75.4 Å². The van der Waals surface area contributed by atoms with E-state index < -0.39 is 0 Å². The van der Waals surface area contributed by atoms with Gasteiger partial charge in [-0.3, -0.25) is 4.79 Å². The van der Waals surface area contributed by atoms with Crippen molar-refractivity contribution < 1.29 is 9.53 Å². The van der Waals surface area contributed by atoms with Crippen molar-refractivity contribution in [2.24, 2.45) is 0 Å². The lowest BCUT2D eigenvalue weighted by atomic mass is 10.1. The molecule has 0 unspecified atom stereocenters. The maximum atomic E-state index is 12.6. The molecule has 0 amide bonds. The highest BCUT2D eigenvalue weighted by Crippen LogP contribution is 2.29. The summed E-state index contributed by atoms with van der Waals surface area (Å²) in [7, 11) is 0. The summed E-state index contributed by atoms with van der Waals surface area (Å²) < 4.78 is 5.46. The van der Waals surface area contributed by atoms with Crippen molar-refractivity contribution in [1.29, 1.82) is 0 Å². The van der Waals surface area contributed by atoms with Crippen molar-refractivity contribution in [1.82, 2.24) is 19.9 Å². The lowest BCUT2D eigenvalue weighted by Gasteiger charge is -2.11. The van der Waals surface area contributed by atoms with Crippen molar-refractivity contribution in [2.45, 2.75) is 40.2 Å². The minimum absolute atomic E-state index is 0.0530. The third-order valence-corrected chi connectivity index (χ3v) is 6.11. The number of carbonyl (C=O) groups is 1. The second-order valence-corrected chi connectivity index (χ2v) is 9.07. The molecule has 0 bridgehead atoms. The maximum absolute atomic E-state index is 12.6. The number of carbonyl (C=O) groups excluding carboxylic acids is 1. The average molecular weight is 475 g/mol. The molecule has 3 N–H and O–H groups in total. The van der Waals surface area contributed by atoms with Gasteiger partial charge in [0.2, 0.25) is 11.9 Å². The van der Waals surface area contributed by atoms with E-state index in [-0.39, 0.29) is 30.8 Å². The lowest BCUT2D eigenvalue weighted by molar-refractivity contribution is -0.144. The number of para-hydroxylation sites is 1. The first-order valence-electron chi connectivity index (χ1n) is 11.0. The molecule has 9 heteroatoms. The molecule has 0 saturated heterocycles. The Labute approximate surface area is 202 Å². The summed E-state index contributed by atoms with van der Waals surface area (Å²) in [6.45, 7) is 5.93. The number of nitrogens with zero attached hydrogens (tertiary/aromatic N) is 4. The summed E-state index contributed by atoms with van der Waals surface area (Å²) in [5.74, 6) is 0.245. The largest absolute Gasteiger partial charge is 0.457 e. The van der Waals surface area contributed by atoms with Crippen molar-refractivity contribution in [3.63, 3.8) is 0 Å². The summed E-state index contributed by atoms with van der Waals surface area (Å²) in [4.78, 5) is 30.7. The number of nitrogen functional groups attached to an aromatic ring is 1. The molecule has 0 aliphatic carbocycles. The smallest absolute Gasteiger partial charge is 0.311 e. The molecular weight excluding hydrogens is 448 g/mol. The Morgan fingerprint density at radius 1 is 1.03 bits per heavy atom. The molecule has 2 aromatic heterocycles. The number of anilines is 3. The Morgan fingerprint density at radius 3 is 2.56 bits per heavy atom. The van der Waals surface area contributed by atoms with Gasteiger partial charge < -0.3 is 15.8 Å². The van der Waals surface area contributed by atoms with Crippen LogP contribution in [-0.4, -0.2) is 25.9 Å². The number of ether oxygens (including phenoxy) is 1. The van der Waals surface area contributed by atoms with Gasteiger partial charge in [0.1, 0.15) is 0 Å². The van der Waals surface area contributed by atoms with Gasteiger partial charge in [-0.1, -0.05) is 55.0 Å². The van der Waals surface area contributed by atoms with E-state index in [0.29, 0.717) is 5.95 Å². The summed E-state index contributed by atoms with van der Waals surface area (Å²) in [6, 6.07) is 16.0. The normalized spacial score (nSPS) is 10.8. The van der Waals surface area contributed by atoms with Crippen molar-refractivity contribution in [3.8, 4) is 11.3 Å². The van der Waals surface area contributed by atoms with Gasteiger partial charge in [0.05, 0.1) is 17.1 Å². The topological polar surface area (TPSA) is 116 Å². The quantitative estimate of drug-likeness (QED) is 0.350. The summed E-state index contributed by atoms with van der Waals surface area (Å²) in [5, 5.41) is 4.07. The second-order valence-electron chi connectivity index (χ2n) is 7.78. The molecule has 0 spiro atoms. The molecule has 2 heterocycles. The van der Waals surface area contributed by atoms with Gasteiger partial charge >= 0.3 is 5.97 Å². The van der Waals surface area contributed by atoms with Gasteiger partial charge in [0, 0.05) is 16.1 Å². The molecule has 34 heavy (non-hydrogen) atoms.